The number of hydrogen-bond acceptors (Lipinski definition) is 4. The van der Waals surface area contributed by atoms with Gasteiger partial charge < -0.3 is 14.7 Å². The Labute approximate surface area is 201 Å². The van der Waals surface area contributed by atoms with E-state index < -0.39 is 5.54 Å². The molecule has 0 spiro atoms. The number of hydrogen-bond donors (Lipinski definition) is 0. The van der Waals surface area contributed by atoms with Gasteiger partial charge >= 0.3 is 0 Å². The molecule has 0 N–H and O–H groups in total. The third-order valence-corrected chi connectivity index (χ3v) is 7.00. The van der Waals surface area contributed by atoms with Crippen molar-refractivity contribution < 1.29 is 4.79 Å². The molecule has 1 heterocycles. The Morgan fingerprint density at radius 3 is 1.64 bits per heavy atom. The van der Waals surface area contributed by atoms with Gasteiger partial charge in [-0.2, -0.15) is 0 Å². The highest BCUT2D eigenvalue weighted by molar-refractivity contribution is 5.56. The van der Waals surface area contributed by atoms with Gasteiger partial charge in [-0.3, -0.25) is 9.69 Å². The summed E-state index contributed by atoms with van der Waals surface area (Å²) in [5.74, 6) is 0. The van der Waals surface area contributed by atoms with Gasteiger partial charge in [0.25, 0.3) is 0 Å². The lowest BCUT2D eigenvalue weighted by Crippen LogP contribution is -2.62. The largest absolute Gasteiger partial charge is 0.329 e. The monoisotopic (exact) mass is 450 g/mol. The van der Waals surface area contributed by atoms with Gasteiger partial charge in [-0.05, 0) is 63.3 Å². The second-order valence-corrected chi connectivity index (χ2v) is 9.97. The first-order valence-corrected chi connectivity index (χ1v) is 12.3. The van der Waals surface area contributed by atoms with Gasteiger partial charge in [0, 0.05) is 38.8 Å². The van der Waals surface area contributed by atoms with Crippen LogP contribution in [0.3, 0.4) is 0 Å². The van der Waals surface area contributed by atoms with E-state index in [0.717, 1.165) is 52.0 Å². The van der Waals surface area contributed by atoms with E-state index in [9.17, 15) is 4.79 Å². The van der Waals surface area contributed by atoms with Crippen molar-refractivity contribution in [1.82, 2.24) is 19.6 Å². The molecule has 2 aromatic rings. The molecular weight excluding hydrogens is 408 g/mol. The fourth-order valence-electron chi connectivity index (χ4n) is 5.33. The van der Waals surface area contributed by atoms with Crippen molar-refractivity contribution in [2.75, 3.05) is 47.8 Å². The van der Waals surface area contributed by atoms with Crippen LogP contribution in [0.25, 0.3) is 0 Å². The molecule has 0 bridgehead atoms. The van der Waals surface area contributed by atoms with Crippen LogP contribution in [0.1, 0.15) is 48.9 Å². The fourth-order valence-corrected chi connectivity index (χ4v) is 5.33. The van der Waals surface area contributed by atoms with Gasteiger partial charge in [0.2, 0.25) is 6.41 Å². The highest BCUT2D eigenvalue weighted by Gasteiger charge is 2.45. The molecule has 5 nitrogen and oxygen atoms in total. The summed E-state index contributed by atoms with van der Waals surface area (Å²) in [4.78, 5) is 21.5. The number of benzene rings is 2. The summed E-state index contributed by atoms with van der Waals surface area (Å²) in [7, 11) is 8.36. The molecule has 1 saturated heterocycles. The van der Waals surface area contributed by atoms with Crippen molar-refractivity contribution in [1.29, 1.82) is 0 Å². The first-order chi connectivity index (χ1) is 15.8. The molecule has 3 rings (SSSR count). The van der Waals surface area contributed by atoms with E-state index in [1.165, 1.54) is 22.3 Å². The highest BCUT2D eigenvalue weighted by Crippen LogP contribution is 2.40. The molecule has 0 aromatic heterocycles. The van der Waals surface area contributed by atoms with Crippen LogP contribution in [0, 0.1) is 0 Å². The molecule has 1 aliphatic rings. The molecule has 180 valence electrons. The summed E-state index contributed by atoms with van der Waals surface area (Å²) in [6.45, 7) is 8.83. The minimum absolute atomic E-state index is 0.490. The highest BCUT2D eigenvalue weighted by atomic mass is 16.1. The average molecular weight is 451 g/mol. The van der Waals surface area contributed by atoms with E-state index in [0.29, 0.717) is 6.04 Å². The van der Waals surface area contributed by atoms with Crippen LogP contribution in [0.15, 0.2) is 48.5 Å². The van der Waals surface area contributed by atoms with Gasteiger partial charge in [-0.15, -0.1) is 0 Å². The predicted octanol–water partition coefficient (Wildman–Crippen LogP) is 4.02. The first-order valence-electron chi connectivity index (χ1n) is 12.3. The van der Waals surface area contributed by atoms with Crippen molar-refractivity contribution in [3.63, 3.8) is 0 Å². The van der Waals surface area contributed by atoms with Crippen LogP contribution in [-0.4, -0.2) is 79.9 Å². The molecule has 1 amide bonds. The zero-order valence-electron chi connectivity index (χ0n) is 21.4. The van der Waals surface area contributed by atoms with Crippen LogP contribution < -0.4 is 0 Å². The molecule has 0 atom stereocenters. The van der Waals surface area contributed by atoms with Crippen molar-refractivity contribution >= 4 is 6.41 Å². The van der Waals surface area contributed by atoms with E-state index >= 15 is 0 Å². The number of carbonyl (C=O) groups is 1. The Morgan fingerprint density at radius 2 is 1.27 bits per heavy atom. The van der Waals surface area contributed by atoms with Crippen LogP contribution >= 0.6 is 0 Å². The SMILES string of the molecule is CCC(CC)N1CCN(C=O)C(c2ccc(CN(C)C)cc2)(c2ccc(CN(C)C)cc2)C1. The smallest absolute Gasteiger partial charge is 0.210 e. The summed E-state index contributed by atoms with van der Waals surface area (Å²) in [5.41, 5.74) is 4.45. The summed E-state index contributed by atoms with van der Waals surface area (Å²) in [5, 5.41) is 0. The molecule has 0 saturated carbocycles. The topological polar surface area (TPSA) is 30.0 Å². The molecule has 1 aliphatic heterocycles. The molecule has 0 aliphatic carbocycles. The number of rotatable bonds is 10. The maximum absolute atomic E-state index is 12.5. The van der Waals surface area contributed by atoms with E-state index in [-0.39, 0.29) is 0 Å². The summed E-state index contributed by atoms with van der Waals surface area (Å²) in [6.07, 6.45) is 3.31. The lowest BCUT2D eigenvalue weighted by atomic mass is 9.78. The normalized spacial score (nSPS) is 16.7. The van der Waals surface area contributed by atoms with Crippen molar-refractivity contribution in [2.45, 2.75) is 51.4 Å². The quantitative estimate of drug-likeness (QED) is 0.512. The summed E-state index contributed by atoms with van der Waals surface area (Å²) in [6, 6.07) is 18.3. The Balaban J connectivity index is 2.10. The van der Waals surface area contributed by atoms with Crippen molar-refractivity contribution in [3.05, 3.63) is 70.8 Å². The average Bonchev–Trinajstić information content (AvgIpc) is 2.80. The van der Waals surface area contributed by atoms with Crippen molar-refractivity contribution in [3.8, 4) is 0 Å². The second kappa shape index (κ2) is 11.3. The minimum Gasteiger partial charge on any atom is -0.329 e. The molecule has 2 aromatic carbocycles. The van der Waals surface area contributed by atoms with Gasteiger partial charge in [-0.1, -0.05) is 62.4 Å². The molecule has 1 fully saturated rings. The number of carbonyl (C=O) groups excluding carboxylic acids is 1. The molecular formula is C28H42N4O. The zero-order chi connectivity index (χ0) is 24.0. The molecule has 5 heteroatoms. The lowest BCUT2D eigenvalue weighted by molar-refractivity contribution is -0.127. The maximum atomic E-state index is 12.5. The Hall–Kier alpha value is -2.21. The van der Waals surface area contributed by atoms with Crippen LogP contribution in [-0.2, 0) is 23.4 Å². The zero-order valence-corrected chi connectivity index (χ0v) is 21.4. The van der Waals surface area contributed by atoms with Gasteiger partial charge in [-0.25, -0.2) is 0 Å². The fraction of sp³-hybridized carbons (Fsp3) is 0.536. The maximum Gasteiger partial charge on any atom is 0.210 e. The van der Waals surface area contributed by atoms with E-state index in [4.69, 9.17) is 0 Å². The van der Waals surface area contributed by atoms with E-state index in [1.54, 1.807) is 0 Å². The number of piperazine rings is 1. The van der Waals surface area contributed by atoms with Crippen molar-refractivity contribution in [2.24, 2.45) is 0 Å². The minimum atomic E-state index is -0.490. The Bertz CT molecular complexity index is 818. The van der Waals surface area contributed by atoms with E-state index in [1.807, 2.05) is 4.90 Å². The predicted molar refractivity (Wildman–Crippen MR) is 137 cm³/mol. The molecule has 0 unspecified atom stereocenters. The standard InChI is InChI=1S/C28H42N4O/c1-7-27(8-2)31-17-18-32(22-33)28(21-31,25-13-9-23(10-14-25)19-29(3)4)26-15-11-24(12-16-26)20-30(5)6/h9-16,22,27H,7-8,17-21H2,1-6H3. The van der Waals surface area contributed by atoms with Crippen LogP contribution in [0.4, 0.5) is 0 Å². The Kier molecular flexibility index (Phi) is 8.69. The molecule has 33 heavy (non-hydrogen) atoms. The van der Waals surface area contributed by atoms with Crippen LogP contribution in [0.2, 0.25) is 0 Å². The second-order valence-electron chi connectivity index (χ2n) is 9.97. The van der Waals surface area contributed by atoms with Gasteiger partial charge in [0.15, 0.2) is 0 Å². The summed E-state index contributed by atoms with van der Waals surface area (Å²) >= 11 is 0. The number of amides is 1. The lowest BCUT2D eigenvalue weighted by Gasteiger charge is -2.52. The van der Waals surface area contributed by atoms with Gasteiger partial charge in [0.05, 0.1) is 0 Å². The third-order valence-electron chi connectivity index (χ3n) is 7.00. The van der Waals surface area contributed by atoms with Gasteiger partial charge in [0.1, 0.15) is 5.54 Å². The summed E-state index contributed by atoms with van der Waals surface area (Å²) < 4.78 is 0. The van der Waals surface area contributed by atoms with Crippen LogP contribution in [0.5, 0.6) is 0 Å². The molecule has 0 radical (unpaired) electrons. The first kappa shape index (κ1) is 25.4. The Morgan fingerprint density at radius 1 is 0.818 bits per heavy atom. The third kappa shape index (κ3) is 5.65. The van der Waals surface area contributed by atoms with E-state index in [2.05, 4.69) is 105 Å². The number of nitrogens with zero attached hydrogens (tertiary/aromatic N) is 4.